The lowest BCUT2D eigenvalue weighted by Crippen LogP contribution is -2.43. The zero-order valence-corrected chi connectivity index (χ0v) is 9.50. The van der Waals surface area contributed by atoms with Gasteiger partial charge in [0.05, 0.1) is 0 Å². The molecule has 0 aromatic heterocycles. The molecule has 0 aromatic carbocycles. The van der Waals surface area contributed by atoms with Crippen LogP contribution in [0, 0.1) is 0 Å². The van der Waals surface area contributed by atoms with E-state index in [0.29, 0.717) is 18.8 Å². The van der Waals surface area contributed by atoms with E-state index in [9.17, 15) is 9.59 Å². The van der Waals surface area contributed by atoms with Gasteiger partial charge in [0.15, 0.2) is 0 Å². The number of carbonyl (C=O) groups is 2. The van der Waals surface area contributed by atoms with Crippen LogP contribution in [0.25, 0.3) is 10.4 Å². The van der Waals surface area contributed by atoms with Crippen LogP contribution in [-0.4, -0.2) is 36.0 Å². The number of carbonyl (C=O) groups excluding carboxylic acids is 2. The highest BCUT2D eigenvalue weighted by atomic mass is 32.2. The SMILES string of the molecule is [N-]=[N+]=NCCCCNC(=O)C1CSC(=O)N1. The van der Waals surface area contributed by atoms with Crippen LogP contribution < -0.4 is 10.6 Å². The summed E-state index contributed by atoms with van der Waals surface area (Å²) in [5.41, 5.74) is 8.03. The van der Waals surface area contributed by atoms with Gasteiger partial charge in [-0.25, -0.2) is 0 Å². The normalized spacial score (nSPS) is 18.8. The summed E-state index contributed by atoms with van der Waals surface area (Å²) < 4.78 is 0. The van der Waals surface area contributed by atoms with Crippen LogP contribution in [0.3, 0.4) is 0 Å². The Kier molecular flexibility index (Phi) is 5.52. The first-order valence-corrected chi connectivity index (χ1v) is 5.94. The number of thioether (sulfide) groups is 1. The van der Waals surface area contributed by atoms with Gasteiger partial charge in [0.2, 0.25) is 5.91 Å². The molecule has 16 heavy (non-hydrogen) atoms. The molecule has 1 aliphatic rings. The van der Waals surface area contributed by atoms with Crippen LogP contribution in [0.15, 0.2) is 5.11 Å². The van der Waals surface area contributed by atoms with E-state index in [0.717, 1.165) is 24.6 Å². The Morgan fingerprint density at radius 3 is 3.12 bits per heavy atom. The second-order valence-corrected chi connectivity index (χ2v) is 4.24. The van der Waals surface area contributed by atoms with Gasteiger partial charge in [-0.1, -0.05) is 16.9 Å². The molecule has 1 heterocycles. The van der Waals surface area contributed by atoms with Gasteiger partial charge in [-0.3, -0.25) is 9.59 Å². The summed E-state index contributed by atoms with van der Waals surface area (Å²) in [6.07, 6.45) is 1.51. The summed E-state index contributed by atoms with van der Waals surface area (Å²) in [5.74, 6) is 0.339. The van der Waals surface area contributed by atoms with Crippen molar-refractivity contribution in [1.82, 2.24) is 10.6 Å². The average Bonchev–Trinajstić information content (AvgIpc) is 2.70. The number of azide groups is 1. The van der Waals surface area contributed by atoms with Gasteiger partial charge >= 0.3 is 0 Å². The number of hydrogen-bond donors (Lipinski definition) is 2. The lowest BCUT2D eigenvalue weighted by Gasteiger charge is -2.09. The van der Waals surface area contributed by atoms with Gasteiger partial charge in [0, 0.05) is 23.8 Å². The molecule has 0 saturated carbocycles. The molecule has 1 fully saturated rings. The number of nitrogens with one attached hydrogen (secondary N) is 2. The summed E-state index contributed by atoms with van der Waals surface area (Å²) >= 11 is 1.12. The first-order chi connectivity index (χ1) is 7.74. The maximum absolute atomic E-state index is 11.5. The fraction of sp³-hybridized carbons (Fsp3) is 0.750. The van der Waals surface area contributed by atoms with Crippen LogP contribution in [-0.2, 0) is 4.79 Å². The third kappa shape index (κ3) is 4.41. The summed E-state index contributed by atoms with van der Waals surface area (Å²) in [6, 6.07) is -0.408. The van der Waals surface area contributed by atoms with Crippen molar-refractivity contribution in [2.45, 2.75) is 18.9 Å². The molecule has 1 aliphatic heterocycles. The first kappa shape index (κ1) is 12.7. The molecular weight excluding hydrogens is 230 g/mol. The molecule has 0 spiro atoms. The van der Waals surface area contributed by atoms with Crippen molar-refractivity contribution in [3.05, 3.63) is 10.4 Å². The molecule has 1 unspecified atom stereocenters. The summed E-state index contributed by atoms with van der Waals surface area (Å²) in [5, 5.41) is 8.51. The van der Waals surface area contributed by atoms with Gasteiger partial charge in [0.25, 0.3) is 5.24 Å². The zero-order chi connectivity index (χ0) is 11.8. The fourth-order valence-electron chi connectivity index (χ4n) is 1.21. The second-order valence-electron chi connectivity index (χ2n) is 3.25. The molecule has 0 bridgehead atoms. The third-order valence-electron chi connectivity index (χ3n) is 2.04. The van der Waals surface area contributed by atoms with Gasteiger partial charge < -0.3 is 10.6 Å². The second kappa shape index (κ2) is 6.97. The predicted molar refractivity (Wildman–Crippen MR) is 61.0 cm³/mol. The Bertz CT molecular complexity index is 316. The lowest BCUT2D eigenvalue weighted by atomic mass is 10.3. The Morgan fingerprint density at radius 2 is 2.50 bits per heavy atom. The fourth-order valence-corrected chi connectivity index (χ4v) is 1.99. The topological polar surface area (TPSA) is 107 Å². The number of nitrogens with zero attached hydrogens (tertiary/aromatic N) is 3. The lowest BCUT2D eigenvalue weighted by molar-refractivity contribution is -0.122. The van der Waals surface area contributed by atoms with Gasteiger partial charge in [-0.15, -0.1) is 0 Å². The summed E-state index contributed by atoms with van der Waals surface area (Å²) in [4.78, 5) is 24.9. The Morgan fingerprint density at radius 1 is 1.69 bits per heavy atom. The molecule has 0 aromatic rings. The van der Waals surface area contributed by atoms with Gasteiger partial charge in [-0.05, 0) is 18.4 Å². The molecule has 1 saturated heterocycles. The highest BCUT2D eigenvalue weighted by Gasteiger charge is 2.27. The van der Waals surface area contributed by atoms with Crippen molar-refractivity contribution in [3.63, 3.8) is 0 Å². The monoisotopic (exact) mass is 243 g/mol. The van der Waals surface area contributed by atoms with E-state index < -0.39 is 6.04 Å². The average molecular weight is 243 g/mol. The van der Waals surface area contributed by atoms with E-state index in [1.54, 1.807) is 0 Å². The quantitative estimate of drug-likeness (QED) is 0.314. The van der Waals surface area contributed by atoms with E-state index in [4.69, 9.17) is 5.53 Å². The maximum Gasteiger partial charge on any atom is 0.279 e. The van der Waals surface area contributed by atoms with E-state index >= 15 is 0 Å². The first-order valence-electron chi connectivity index (χ1n) is 4.96. The minimum absolute atomic E-state index is 0.150. The van der Waals surface area contributed by atoms with Gasteiger partial charge in [0.1, 0.15) is 6.04 Å². The number of unbranched alkanes of at least 4 members (excludes halogenated alkanes) is 1. The van der Waals surface area contributed by atoms with Crippen molar-refractivity contribution in [2.24, 2.45) is 5.11 Å². The van der Waals surface area contributed by atoms with Crippen molar-refractivity contribution in [1.29, 1.82) is 0 Å². The predicted octanol–water partition coefficient (Wildman–Crippen LogP) is 1.02. The van der Waals surface area contributed by atoms with E-state index in [1.807, 2.05) is 0 Å². The molecule has 2 N–H and O–H groups in total. The number of amides is 2. The van der Waals surface area contributed by atoms with Crippen molar-refractivity contribution < 1.29 is 9.59 Å². The smallest absolute Gasteiger partial charge is 0.279 e. The van der Waals surface area contributed by atoms with E-state index in [2.05, 4.69) is 20.7 Å². The number of hydrogen-bond acceptors (Lipinski definition) is 4. The van der Waals surface area contributed by atoms with Crippen molar-refractivity contribution in [3.8, 4) is 0 Å². The molecule has 0 aliphatic carbocycles. The molecule has 2 amide bonds. The standard InChI is InChI=1S/C8H13N5O2S/c9-13-11-4-2-1-3-10-7(14)6-5-16-8(15)12-6/h6H,1-5H2,(H,10,14)(H,12,15). The van der Waals surface area contributed by atoms with Crippen LogP contribution >= 0.6 is 11.8 Å². The third-order valence-corrected chi connectivity index (χ3v) is 2.92. The molecule has 1 rings (SSSR count). The molecule has 1 atom stereocenters. The van der Waals surface area contributed by atoms with E-state index in [1.165, 1.54) is 0 Å². The van der Waals surface area contributed by atoms with Gasteiger partial charge in [-0.2, -0.15) is 0 Å². The number of rotatable bonds is 6. The van der Waals surface area contributed by atoms with Crippen molar-refractivity contribution in [2.75, 3.05) is 18.8 Å². The minimum atomic E-state index is -0.408. The van der Waals surface area contributed by atoms with Crippen molar-refractivity contribution >= 4 is 22.9 Å². The van der Waals surface area contributed by atoms with Crippen LogP contribution in [0.1, 0.15) is 12.8 Å². The Balaban J connectivity index is 2.06. The zero-order valence-electron chi connectivity index (χ0n) is 8.68. The molecule has 88 valence electrons. The maximum atomic E-state index is 11.5. The minimum Gasteiger partial charge on any atom is -0.354 e. The van der Waals surface area contributed by atoms with Crippen LogP contribution in [0.5, 0.6) is 0 Å². The highest BCUT2D eigenvalue weighted by molar-refractivity contribution is 8.14. The molecule has 0 radical (unpaired) electrons. The van der Waals surface area contributed by atoms with Crippen LogP contribution in [0.4, 0.5) is 4.79 Å². The molecule has 7 nitrogen and oxygen atoms in total. The largest absolute Gasteiger partial charge is 0.354 e. The van der Waals surface area contributed by atoms with E-state index in [-0.39, 0.29) is 11.1 Å². The molecular formula is C8H13N5O2S. The Labute approximate surface area is 97.0 Å². The van der Waals surface area contributed by atoms with Crippen LogP contribution in [0.2, 0.25) is 0 Å². The molecule has 8 heteroatoms. The Hall–Kier alpha value is -1.40. The summed E-state index contributed by atoms with van der Waals surface area (Å²) in [7, 11) is 0. The summed E-state index contributed by atoms with van der Waals surface area (Å²) in [6.45, 7) is 0.985. The highest BCUT2D eigenvalue weighted by Crippen LogP contribution is 2.12.